The van der Waals surface area contributed by atoms with E-state index in [-0.39, 0.29) is 17.7 Å². The molecule has 6 heteroatoms. The highest BCUT2D eigenvalue weighted by molar-refractivity contribution is 6.01. The molecule has 0 bridgehead atoms. The first-order valence-electron chi connectivity index (χ1n) is 8.46. The average molecular weight is 332 g/mol. The van der Waals surface area contributed by atoms with E-state index in [0.717, 1.165) is 30.7 Å². The number of hydrogen-bond acceptors (Lipinski definition) is 4. The maximum absolute atomic E-state index is 11.9. The van der Waals surface area contributed by atoms with Gasteiger partial charge in [0.2, 0.25) is 17.7 Å². The van der Waals surface area contributed by atoms with Crippen LogP contribution in [-0.4, -0.2) is 35.8 Å². The summed E-state index contributed by atoms with van der Waals surface area (Å²) in [5.74, 6) is 0.593. The van der Waals surface area contributed by atoms with Gasteiger partial charge in [-0.25, -0.2) is 0 Å². The molecule has 1 saturated heterocycles. The molecule has 130 valence electrons. The molecule has 1 fully saturated rings. The van der Waals surface area contributed by atoms with Gasteiger partial charge in [0.1, 0.15) is 5.75 Å². The third-order valence-corrected chi connectivity index (χ3v) is 3.89. The van der Waals surface area contributed by atoms with Crippen LogP contribution in [0.4, 0.5) is 5.69 Å². The number of carbonyl (C=O) groups is 3. The van der Waals surface area contributed by atoms with E-state index in [2.05, 4.69) is 5.32 Å². The fourth-order valence-electron chi connectivity index (χ4n) is 2.63. The van der Waals surface area contributed by atoms with Crippen LogP contribution in [-0.2, 0) is 14.4 Å². The number of imide groups is 1. The lowest BCUT2D eigenvalue weighted by molar-refractivity contribution is -0.138. The van der Waals surface area contributed by atoms with Gasteiger partial charge in [-0.2, -0.15) is 0 Å². The monoisotopic (exact) mass is 332 g/mol. The Morgan fingerprint density at radius 2 is 1.75 bits per heavy atom. The summed E-state index contributed by atoms with van der Waals surface area (Å²) in [5.41, 5.74) is 0.747. The first-order valence-corrected chi connectivity index (χ1v) is 8.46. The minimum atomic E-state index is -0.0757. The van der Waals surface area contributed by atoms with Crippen LogP contribution in [0.2, 0.25) is 0 Å². The summed E-state index contributed by atoms with van der Waals surface area (Å²) < 4.78 is 5.35. The Labute approximate surface area is 142 Å². The maximum atomic E-state index is 11.9. The van der Waals surface area contributed by atoms with Crippen molar-refractivity contribution in [3.63, 3.8) is 0 Å². The Balaban J connectivity index is 1.61. The van der Waals surface area contributed by atoms with Crippen LogP contribution in [0.15, 0.2) is 24.3 Å². The molecule has 24 heavy (non-hydrogen) atoms. The zero-order valence-corrected chi connectivity index (χ0v) is 14.0. The number of anilines is 1. The summed E-state index contributed by atoms with van der Waals surface area (Å²) in [6.07, 6.45) is 3.39. The molecule has 1 aliphatic heterocycles. The van der Waals surface area contributed by atoms with Gasteiger partial charge < -0.3 is 10.1 Å². The second kappa shape index (κ2) is 9.05. The lowest BCUT2D eigenvalue weighted by Crippen LogP contribution is -2.29. The van der Waals surface area contributed by atoms with Crippen molar-refractivity contribution >= 4 is 23.4 Å². The number of amides is 3. The van der Waals surface area contributed by atoms with Crippen molar-refractivity contribution in [3.8, 4) is 5.75 Å². The minimum absolute atomic E-state index is 0.0347. The molecule has 1 aliphatic rings. The third-order valence-electron chi connectivity index (χ3n) is 3.89. The molecule has 0 aromatic heterocycles. The number of rotatable bonds is 9. The summed E-state index contributed by atoms with van der Waals surface area (Å²) in [6, 6.07) is 7.27. The van der Waals surface area contributed by atoms with Gasteiger partial charge in [0.05, 0.1) is 6.61 Å². The number of nitrogens with one attached hydrogen (secondary N) is 1. The van der Waals surface area contributed by atoms with Gasteiger partial charge in [-0.05, 0) is 44.0 Å². The standard InChI is InChI=1S/C18H24N2O4/c1-2-24-15-9-7-14(8-10-15)19-16(21)6-4-3-5-13-20-17(22)11-12-18(20)23/h7-10H,2-6,11-13H2,1H3,(H,19,21). The number of likely N-dealkylation sites (tertiary alicyclic amines) is 1. The van der Waals surface area contributed by atoms with Crippen LogP contribution in [0.5, 0.6) is 5.75 Å². The number of unbranched alkanes of at least 4 members (excludes halogenated alkanes) is 2. The highest BCUT2D eigenvalue weighted by Gasteiger charge is 2.27. The molecule has 0 aliphatic carbocycles. The lowest BCUT2D eigenvalue weighted by atomic mass is 10.1. The molecule has 0 atom stereocenters. The van der Waals surface area contributed by atoms with Gasteiger partial charge >= 0.3 is 0 Å². The van der Waals surface area contributed by atoms with Crippen molar-refractivity contribution in [1.82, 2.24) is 4.90 Å². The van der Waals surface area contributed by atoms with Gasteiger partial charge in [0.25, 0.3) is 0 Å². The number of benzene rings is 1. The van der Waals surface area contributed by atoms with Crippen molar-refractivity contribution in [2.45, 2.75) is 45.4 Å². The first kappa shape index (κ1) is 18.0. The molecule has 0 saturated carbocycles. The Bertz CT molecular complexity index is 567. The fraction of sp³-hybridized carbons (Fsp3) is 0.500. The topological polar surface area (TPSA) is 75.7 Å². The van der Waals surface area contributed by atoms with E-state index in [1.54, 1.807) is 0 Å². The number of hydrogen-bond donors (Lipinski definition) is 1. The Hall–Kier alpha value is -2.37. The van der Waals surface area contributed by atoms with E-state index in [4.69, 9.17) is 4.74 Å². The van der Waals surface area contributed by atoms with Gasteiger partial charge in [0, 0.05) is 31.5 Å². The quantitative estimate of drug-likeness (QED) is 0.557. The number of ether oxygens (including phenoxy) is 1. The van der Waals surface area contributed by atoms with Crippen molar-refractivity contribution in [1.29, 1.82) is 0 Å². The molecule has 0 unspecified atom stereocenters. The molecule has 1 aromatic carbocycles. The molecule has 0 radical (unpaired) electrons. The first-order chi connectivity index (χ1) is 11.6. The SMILES string of the molecule is CCOc1ccc(NC(=O)CCCCCN2C(=O)CCC2=O)cc1. The van der Waals surface area contributed by atoms with Crippen LogP contribution in [0.25, 0.3) is 0 Å². The van der Waals surface area contributed by atoms with E-state index < -0.39 is 0 Å². The van der Waals surface area contributed by atoms with E-state index in [9.17, 15) is 14.4 Å². The van der Waals surface area contributed by atoms with Gasteiger partial charge in [0.15, 0.2) is 0 Å². The molecule has 2 rings (SSSR count). The van der Waals surface area contributed by atoms with Crippen molar-refractivity contribution < 1.29 is 19.1 Å². The third kappa shape index (κ3) is 5.37. The molecular weight excluding hydrogens is 308 g/mol. The van der Waals surface area contributed by atoms with Crippen molar-refractivity contribution in [2.24, 2.45) is 0 Å². The van der Waals surface area contributed by atoms with E-state index in [1.165, 1.54) is 4.90 Å². The molecule has 1 N–H and O–H groups in total. The molecule has 3 amide bonds. The van der Waals surface area contributed by atoms with Gasteiger partial charge in [-0.1, -0.05) is 6.42 Å². The molecule has 1 aromatic rings. The molecular formula is C18H24N2O4. The smallest absolute Gasteiger partial charge is 0.229 e. The highest BCUT2D eigenvalue weighted by Crippen LogP contribution is 2.16. The number of carbonyl (C=O) groups excluding carboxylic acids is 3. The zero-order chi connectivity index (χ0) is 17.4. The summed E-state index contributed by atoms with van der Waals surface area (Å²) in [5, 5.41) is 2.84. The molecule has 6 nitrogen and oxygen atoms in total. The molecule has 1 heterocycles. The van der Waals surface area contributed by atoms with Crippen molar-refractivity contribution in [3.05, 3.63) is 24.3 Å². The fourth-order valence-corrected chi connectivity index (χ4v) is 2.63. The molecule has 0 spiro atoms. The number of nitrogens with zero attached hydrogens (tertiary/aromatic N) is 1. The minimum Gasteiger partial charge on any atom is -0.494 e. The normalized spacial score (nSPS) is 14.1. The second-order valence-corrected chi connectivity index (χ2v) is 5.76. The highest BCUT2D eigenvalue weighted by atomic mass is 16.5. The largest absolute Gasteiger partial charge is 0.494 e. The zero-order valence-electron chi connectivity index (χ0n) is 14.0. The summed E-state index contributed by atoms with van der Waals surface area (Å²) in [6.45, 7) is 3.00. The second-order valence-electron chi connectivity index (χ2n) is 5.76. The Morgan fingerprint density at radius 3 is 2.38 bits per heavy atom. The summed E-state index contributed by atoms with van der Waals surface area (Å²) >= 11 is 0. The van der Waals surface area contributed by atoms with E-state index in [1.807, 2.05) is 31.2 Å². The Morgan fingerprint density at radius 1 is 1.08 bits per heavy atom. The van der Waals surface area contributed by atoms with Crippen LogP contribution in [0.3, 0.4) is 0 Å². The maximum Gasteiger partial charge on any atom is 0.229 e. The van der Waals surface area contributed by atoms with Crippen LogP contribution >= 0.6 is 0 Å². The van der Waals surface area contributed by atoms with E-state index >= 15 is 0 Å². The van der Waals surface area contributed by atoms with Gasteiger partial charge in [-0.15, -0.1) is 0 Å². The predicted octanol–water partition coefficient (Wildman–Crippen LogP) is 2.73. The van der Waals surface area contributed by atoms with Crippen LogP contribution in [0, 0.1) is 0 Å². The lowest BCUT2D eigenvalue weighted by Gasteiger charge is -2.13. The summed E-state index contributed by atoms with van der Waals surface area (Å²) in [4.78, 5) is 36.1. The summed E-state index contributed by atoms with van der Waals surface area (Å²) in [7, 11) is 0. The average Bonchev–Trinajstić information content (AvgIpc) is 2.88. The van der Waals surface area contributed by atoms with Crippen molar-refractivity contribution in [2.75, 3.05) is 18.5 Å². The van der Waals surface area contributed by atoms with Gasteiger partial charge in [-0.3, -0.25) is 19.3 Å². The van der Waals surface area contributed by atoms with E-state index in [0.29, 0.717) is 32.4 Å². The van der Waals surface area contributed by atoms with Crippen LogP contribution in [0.1, 0.15) is 45.4 Å². The predicted molar refractivity (Wildman–Crippen MR) is 90.7 cm³/mol. The Kier molecular flexibility index (Phi) is 6.78. The van der Waals surface area contributed by atoms with Crippen LogP contribution < -0.4 is 10.1 Å².